The van der Waals surface area contributed by atoms with Gasteiger partial charge in [0.15, 0.2) is 5.11 Å². The summed E-state index contributed by atoms with van der Waals surface area (Å²) < 4.78 is 6.26. The minimum atomic E-state index is -1.20. The molecule has 0 radical (unpaired) electrons. The van der Waals surface area contributed by atoms with E-state index in [2.05, 4.69) is 15.2 Å². The lowest BCUT2D eigenvalue weighted by atomic mass is 10.0. The molecule has 0 amide bonds. The fourth-order valence-electron chi connectivity index (χ4n) is 4.93. The summed E-state index contributed by atoms with van der Waals surface area (Å²) in [5.41, 5.74) is 0.999. The van der Waals surface area contributed by atoms with Crippen molar-refractivity contribution in [1.29, 1.82) is 0 Å². The molecule has 2 fully saturated rings. The topological polar surface area (TPSA) is 116 Å². The van der Waals surface area contributed by atoms with Crippen molar-refractivity contribution >= 4 is 29.3 Å². The molecular weight excluding hydrogens is 454 g/mol. The molecule has 8 nitrogen and oxygen atoms in total. The van der Waals surface area contributed by atoms with Crippen LogP contribution in [0.1, 0.15) is 69.9 Å². The first-order chi connectivity index (χ1) is 16.4. The van der Waals surface area contributed by atoms with Gasteiger partial charge in [0.25, 0.3) is 0 Å². The zero-order valence-electron chi connectivity index (χ0n) is 18.2. The minimum Gasteiger partial charge on any atom is -0.478 e. The first-order valence-electron chi connectivity index (χ1n) is 11.1. The molecule has 3 N–H and O–H groups in total. The summed E-state index contributed by atoms with van der Waals surface area (Å²) in [5, 5.41) is 22.9. The fourth-order valence-corrected chi connectivity index (χ4v) is 5.32. The van der Waals surface area contributed by atoms with Crippen molar-refractivity contribution < 1.29 is 24.2 Å². The summed E-state index contributed by atoms with van der Waals surface area (Å²) in [7, 11) is 0. The third-order valence-corrected chi connectivity index (χ3v) is 6.81. The number of aromatic carboxylic acids is 2. The first-order valence-corrected chi connectivity index (χ1v) is 11.5. The highest BCUT2D eigenvalue weighted by Crippen LogP contribution is 2.44. The van der Waals surface area contributed by atoms with Crippen molar-refractivity contribution in [3.05, 3.63) is 77.3 Å². The molecule has 1 aliphatic carbocycles. The van der Waals surface area contributed by atoms with Crippen LogP contribution in [-0.4, -0.2) is 43.2 Å². The predicted molar refractivity (Wildman–Crippen MR) is 128 cm³/mol. The maximum Gasteiger partial charge on any atom is 0.335 e. The second-order valence-corrected chi connectivity index (χ2v) is 8.97. The van der Waals surface area contributed by atoms with Gasteiger partial charge >= 0.3 is 11.9 Å². The molecule has 9 heteroatoms. The average molecular weight is 478 g/mol. The Morgan fingerprint density at radius 3 is 2.35 bits per heavy atom. The molecule has 2 aromatic heterocycles. The van der Waals surface area contributed by atoms with Gasteiger partial charge in [0.1, 0.15) is 17.6 Å². The highest BCUT2D eigenvalue weighted by atomic mass is 32.1. The minimum absolute atomic E-state index is 0.115. The van der Waals surface area contributed by atoms with Gasteiger partial charge in [-0.05, 0) is 67.5 Å². The molecule has 1 aromatic carbocycles. The number of rotatable bonds is 6. The Morgan fingerprint density at radius 1 is 1.03 bits per heavy atom. The van der Waals surface area contributed by atoms with Crippen LogP contribution in [0.3, 0.4) is 0 Å². The van der Waals surface area contributed by atoms with Gasteiger partial charge in [-0.3, -0.25) is 4.98 Å². The fraction of sp³-hybridized carbons (Fsp3) is 0.280. The molecule has 5 rings (SSSR count). The quantitative estimate of drug-likeness (QED) is 0.436. The molecule has 1 saturated carbocycles. The molecule has 2 atom stereocenters. The number of nitrogens with zero attached hydrogens (tertiary/aromatic N) is 2. The van der Waals surface area contributed by atoms with Gasteiger partial charge < -0.3 is 24.8 Å². The monoisotopic (exact) mass is 477 g/mol. The number of nitrogens with one attached hydrogen (secondary N) is 1. The number of pyridine rings is 1. The maximum absolute atomic E-state index is 11.5. The zero-order valence-corrected chi connectivity index (χ0v) is 19.0. The number of carboxylic acids is 2. The molecule has 1 aliphatic heterocycles. The van der Waals surface area contributed by atoms with E-state index >= 15 is 0 Å². The summed E-state index contributed by atoms with van der Waals surface area (Å²) in [6.07, 6.45) is 6.13. The summed E-state index contributed by atoms with van der Waals surface area (Å²) >= 11 is 5.74. The SMILES string of the molecule is O=C(O)c1cc(C(=O)O)cc(-c2ccc([C@@H]3[C@H](c4ccccn4)NC(=S)N3C3CCCC3)o2)c1. The van der Waals surface area contributed by atoms with Crippen LogP contribution in [0.25, 0.3) is 11.3 Å². The van der Waals surface area contributed by atoms with E-state index in [-0.39, 0.29) is 23.2 Å². The lowest BCUT2D eigenvalue weighted by molar-refractivity contribution is 0.0696. The van der Waals surface area contributed by atoms with E-state index in [1.54, 1.807) is 12.3 Å². The van der Waals surface area contributed by atoms with Crippen LogP contribution in [0.5, 0.6) is 0 Å². The van der Waals surface area contributed by atoms with Gasteiger partial charge in [-0.2, -0.15) is 0 Å². The van der Waals surface area contributed by atoms with Crippen molar-refractivity contribution in [3.8, 4) is 11.3 Å². The first kappa shape index (κ1) is 22.1. The van der Waals surface area contributed by atoms with Crippen molar-refractivity contribution in [2.75, 3.05) is 0 Å². The van der Waals surface area contributed by atoms with Gasteiger partial charge in [-0.15, -0.1) is 0 Å². The molecule has 2 aliphatic rings. The number of benzene rings is 1. The van der Waals surface area contributed by atoms with Crippen molar-refractivity contribution in [2.45, 2.75) is 43.8 Å². The van der Waals surface area contributed by atoms with Crippen LogP contribution in [-0.2, 0) is 0 Å². The number of aromatic nitrogens is 1. The Hall–Kier alpha value is -3.72. The second-order valence-electron chi connectivity index (χ2n) is 8.58. The lowest BCUT2D eigenvalue weighted by Crippen LogP contribution is -2.37. The van der Waals surface area contributed by atoms with E-state index in [0.717, 1.165) is 37.4 Å². The Morgan fingerprint density at radius 2 is 1.74 bits per heavy atom. The van der Waals surface area contributed by atoms with E-state index in [1.165, 1.54) is 12.1 Å². The number of carboxylic acid groups (broad SMARTS) is 2. The van der Waals surface area contributed by atoms with E-state index in [9.17, 15) is 19.8 Å². The third kappa shape index (κ3) is 4.03. The van der Waals surface area contributed by atoms with Crippen LogP contribution in [0.4, 0.5) is 0 Å². The smallest absolute Gasteiger partial charge is 0.335 e. The van der Waals surface area contributed by atoms with E-state index < -0.39 is 11.9 Å². The summed E-state index contributed by atoms with van der Waals surface area (Å²) in [5.74, 6) is -1.36. The van der Waals surface area contributed by atoms with Crippen molar-refractivity contribution in [2.24, 2.45) is 0 Å². The van der Waals surface area contributed by atoms with Crippen LogP contribution >= 0.6 is 12.2 Å². The number of thiocarbonyl (C=S) groups is 1. The third-order valence-electron chi connectivity index (χ3n) is 6.48. The molecule has 34 heavy (non-hydrogen) atoms. The van der Waals surface area contributed by atoms with Gasteiger partial charge in [-0.25, -0.2) is 9.59 Å². The van der Waals surface area contributed by atoms with Gasteiger partial charge in [-0.1, -0.05) is 18.9 Å². The average Bonchev–Trinajstić information content (AvgIpc) is 3.59. The maximum atomic E-state index is 11.5. The lowest BCUT2D eigenvalue weighted by Gasteiger charge is -2.31. The van der Waals surface area contributed by atoms with Crippen LogP contribution < -0.4 is 5.32 Å². The normalized spacial score (nSPS) is 20.5. The Bertz CT molecular complexity index is 1220. The molecule has 1 saturated heterocycles. The number of carbonyl (C=O) groups is 2. The molecule has 3 aromatic rings. The Labute approximate surface area is 201 Å². The van der Waals surface area contributed by atoms with Gasteiger partial charge in [0.05, 0.1) is 22.9 Å². The molecule has 174 valence electrons. The molecule has 0 spiro atoms. The van der Waals surface area contributed by atoms with Gasteiger partial charge in [0.2, 0.25) is 0 Å². The Kier molecular flexibility index (Phi) is 5.79. The van der Waals surface area contributed by atoms with Crippen molar-refractivity contribution in [1.82, 2.24) is 15.2 Å². The van der Waals surface area contributed by atoms with E-state index in [4.69, 9.17) is 16.6 Å². The van der Waals surface area contributed by atoms with Gasteiger partial charge in [0, 0.05) is 17.8 Å². The summed E-state index contributed by atoms with van der Waals surface area (Å²) in [6, 6.07) is 13.1. The van der Waals surface area contributed by atoms with Crippen LogP contribution in [0.2, 0.25) is 0 Å². The zero-order chi connectivity index (χ0) is 23.8. The van der Waals surface area contributed by atoms with Crippen LogP contribution in [0.15, 0.2) is 59.1 Å². The van der Waals surface area contributed by atoms with E-state index in [0.29, 0.717) is 28.2 Å². The predicted octanol–water partition coefficient (Wildman–Crippen LogP) is 4.65. The highest BCUT2D eigenvalue weighted by Gasteiger charge is 2.45. The largest absolute Gasteiger partial charge is 0.478 e. The molecular formula is C25H23N3O5S. The van der Waals surface area contributed by atoms with Crippen LogP contribution in [0, 0.1) is 0 Å². The highest BCUT2D eigenvalue weighted by molar-refractivity contribution is 7.80. The van der Waals surface area contributed by atoms with E-state index in [1.807, 2.05) is 24.3 Å². The molecule has 0 unspecified atom stereocenters. The Balaban J connectivity index is 1.57. The standard InChI is InChI=1S/C25H23N3O5S/c29-23(30)15-11-14(12-16(13-15)24(31)32)19-8-9-20(33-19)22-21(18-7-3-4-10-26-18)27-25(34)28(22)17-5-1-2-6-17/h3-4,7-13,17,21-22H,1-2,5-6H2,(H,27,34)(H,29,30)(H,31,32)/t21-,22+/m0/s1. The summed E-state index contributed by atoms with van der Waals surface area (Å²) in [4.78, 5) is 29.8. The second kappa shape index (κ2) is 8.90. The summed E-state index contributed by atoms with van der Waals surface area (Å²) in [6.45, 7) is 0. The molecule has 3 heterocycles. The number of hydrogen-bond acceptors (Lipinski definition) is 5. The number of hydrogen-bond donors (Lipinski definition) is 3. The molecule has 0 bridgehead atoms. The van der Waals surface area contributed by atoms with Crippen molar-refractivity contribution in [3.63, 3.8) is 0 Å². The number of furan rings is 1.